The van der Waals surface area contributed by atoms with Gasteiger partial charge in [0.05, 0.1) is 17.4 Å². The van der Waals surface area contributed by atoms with Crippen molar-refractivity contribution in [2.24, 2.45) is 0 Å². The monoisotopic (exact) mass is 491 g/mol. The quantitative estimate of drug-likeness (QED) is 0.385. The standard InChI is InChI=1S/C25H29N7O2S/c1-29-12-14-31(15-13-29)22-8-6-21(7-9-22)27-25-26-17-23-10-11-24(32(23)28-25)20-5-3-4-19(16-20)18-30(2)35(33)34/h3-11,16-17,35H,12-15,18H2,1-2H3,(H,27,28). The molecule has 0 amide bonds. The van der Waals surface area contributed by atoms with Crippen molar-refractivity contribution < 1.29 is 8.42 Å². The van der Waals surface area contributed by atoms with Crippen LogP contribution in [-0.4, -0.2) is 72.5 Å². The molecule has 0 saturated carbocycles. The Kier molecular flexibility index (Phi) is 6.67. The van der Waals surface area contributed by atoms with Crippen molar-refractivity contribution in [1.29, 1.82) is 0 Å². The first kappa shape index (κ1) is 23.3. The fourth-order valence-electron chi connectivity index (χ4n) is 4.28. The molecule has 1 aliphatic rings. The number of nitrogens with one attached hydrogen (secondary N) is 1. The van der Waals surface area contributed by atoms with Gasteiger partial charge in [-0.3, -0.25) is 0 Å². The van der Waals surface area contributed by atoms with Crippen LogP contribution in [0.3, 0.4) is 0 Å². The molecule has 2 aromatic heterocycles. The maximum absolute atomic E-state index is 11.2. The number of hydrogen-bond acceptors (Lipinski definition) is 7. The van der Waals surface area contributed by atoms with Gasteiger partial charge in [0.25, 0.3) is 0 Å². The second kappa shape index (κ2) is 10.0. The lowest BCUT2D eigenvalue weighted by Gasteiger charge is -2.34. The van der Waals surface area contributed by atoms with Gasteiger partial charge in [0.2, 0.25) is 16.8 Å². The maximum Gasteiger partial charge on any atom is 0.245 e. The van der Waals surface area contributed by atoms with Gasteiger partial charge >= 0.3 is 0 Å². The number of fused-ring (bicyclic) bond motifs is 1. The van der Waals surface area contributed by atoms with Gasteiger partial charge < -0.3 is 15.1 Å². The van der Waals surface area contributed by atoms with Gasteiger partial charge in [0.1, 0.15) is 0 Å². The molecule has 0 spiro atoms. The summed E-state index contributed by atoms with van der Waals surface area (Å²) < 4.78 is 25.6. The van der Waals surface area contributed by atoms with Crippen LogP contribution in [0.2, 0.25) is 0 Å². The Balaban J connectivity index is 1.35. The molecule has 4 aromatic rings. The lowest BCUT2D eigenvalue weighted by molar-refractivity contribution is 0.313. The molecule has 0 atom stereocenters. The summed E-state index contributed by atoms with van der Waals surface area (Å²) in [4.78, 5) is 9.22. The molecule has 1 saturated heterocycles. The summed E-state index contributed by atoms with van der Waals surface area (Å²) >= 11 is 0. The SMILES string of the molecule is CN1CCN(c2ccc(Nc3ncc4ccc(-c5cccc(CN(C)[SH](=O)=O)c5)n4n3)cc2)CC1. The highest BCUT2D eigenvalue weighted by Gasteiger charge is 2.14. The first-order chi connectivity index (χ1) is 17.0. The van der Waals surface area contributed by atoms with Crippen LogP contribution in [0.15, 0.2) is 66.9 Å². The highest BCUT2D eigenvalue weighted by Crippen LogP contribution is 2.25. The molecular weight excluding hydrogens is 462 g/mol. The molecule has 3 heterocycles. The van der Waals surface area contributed by atoms with E-state index >= 15 is 0 Å². The molecule has 0 aliphatic carbocycles. The topological polar surface area (TPSA) is 86.1 Å². The number of nitrogens with zero attached hydrogens (tertiary/aromatic N) is 6. The zero-order valence-electron chi connectivity index (χ0n) is 19.8. The third-order valence-electron chi connectivity index (χ3n) is 6.30. The second-order valence-electron chi connectivity index (χ2n) is 8.85. The van der Waals surface area contributed by atoms with Crippen LogP contribution in [0, 0.1) is 0 Å². The zero-order chi connectivity index (χ0) is 24.4. The summed E-state index contributed by atoms with van der Waals surface area (Å²) in [5, 5.41) is 8.03. The van der Waals surface area contributed by atoms with Crippen LogP contribution >= 0.6 is 0 Å². The largest absolute Gasteiger partial charge is 0.369 e. The second-order valence-corrected chi connectivity index (χ2v) is 10.0. The number of benzene rings is 2. The Morgan fingerprint density at radius 2 is 1.77 bits per heavy atom. The van der Waals surface area contributed by atoms with Crippen LogP contribution in [0.4, 0.5) is 17.3 Å². The van der Waals surface area contributed by atoms with Crippen molar-refractivity contribution in [2.45, 2.75) is 6.54 Å². The number of aromatic nitrogens is 3. The van der Waals surface area contributed by atoms with Gasteiger partial charge in [0.15, 0.2) is 0 Å². The zero-order valence-corrected chi connectivity index (χ0v) is 20.7. The van der Waals surface area contributed by atoms with Gasteiger partial charge in [-0.05, 0) is 55.1 Å². The average molecular weight is 492 g/mol. The molecule has 10 heteroatoms. The van der Waals surface area contributed by atoms with E-state index in [1.807, 2.05) is 40.9 Å². The lowest BCUT2D eigenvalue weighted by atomic mass is 10.1. The molecule has 1 fully saturated rings. The van der Waals surface area contributed by atoms with Crippen LogP contribution in [0.5, 0.6) is 0 Å². The Labute approximate surface area is 206 Å². The minimum Gasteiger partial charge on any atom is -0.369 e. The molecule has 0 unspecified atom stereocenters. The van der Waals surface area contributed by atoms with E-state index in [-0.39, 0.29) is 0 Å². The molecule has 5 rings (SSSR count). The Morgan fingerprint density at radius 3 is 2.51 bits per heavy atom. The van der Waals surface area contributed by atoms with E-state index in [0.29, 0.717) is 12.5 Å². The van der Waals surface area contributed by atoms with E-state index < -0.39 is 10.9 Å². The maximum atomic E-state index is 11.2. The number of likely N-dealkylation sites (N-methyl/N-ethyl adjacent to an activating group) is 1. The van der Waals surface area contributed by atoms with Gasteiger partial charge in [-0.1, -0.05) is 18.2 Å². The van der Waals surface area contributed by atoms with E-state index in [2.05, 4.69) is 51.4 Å². The molecule has 0 bridgehead atoms. The molecule has 0 radical (unpaired) electrons. The summed E-state index contributed by atoms with van der Waals surface area (Å²) in [6, 6.07) is 20.2. The molecule has 182 valence electrons. The smallest absolute Gasteiger partial charge is 0.245 e. The molecule has 35 heavy (non-hydrogen) atoms. The van der Waals surface area contributed by atoms with Crippen molar-refractivity contribution >= 4 is 33.7 Å². The summed E-state index contributed by atoms with van der Waals surface area (Å²) in [7, 11) is 1.11. The van der Waals surface area contributed by atoms with Gasteiger partial charge in [0, 0.05) is 56.7 Å². The predicted molar refractivity (Wildman–Crippen MR) is 140 cm³/mol. The minimum absolute atomic E-state index is 0.321. The Morgan fingerprint density at radius 1 is 1.00 bits per heavy atom. The minimum atomic E-state index is -2.61. The summed E-state index contributed by atoms with van der Waals surface area (Å²) in [6.07, 6.45) is 1.79. The van der Waals surface area contributed by atoms with Crippen molar-refractivity contribution in [1.82, 2.24) is 23.8 Å². The first-order valence-corrected chi connectivity index (χ1v) is 12.7. The third-order valence-corrected chi connectivity index (χ3v) is 7.00. The number of anilines is 3. The van der Waals surface area contributed by atoms with Crippen molar-refractivity contribution in [3.63, 3.8) is 0 Å². The summed E-state index contributed by atoms with van der Waals surface area (Å²) in [5.41, 5.74) is 5.80. The molecular formula is C25H29N7O2S. The Hall–Kier alpha value is -3.47. The Bertz CT molecular complexity index is 1380. The molecule has 9 nitrogen and oxygen atoms in total. The van der Waals surface area contributed by atoms with E-state index in [1.54, 1.807) is 13.2 Å². The lowest BCUT2D eigenvalue weighted by Crippen LogP contribution is -2.44. The number of rotatable bonds is 7. The van der Waals surface area contributed by atoms with Crippen molar-refractivity contribution in [3.8, 4) is 11.3 Å². The number of piperazine rings is 1. The normalized spacial score (nSPS) is 14.8. The van der Waals surface area contributed by atoms with Crippen molar-refractivity contribution in [2.75, 3.05) is 50.5 Å². The fourth-order valence-corrected chi connectivity index (χ4v) is 4.56. The number of thiol groups is 1. The van der Waals surface area contributed by atoms with E-state index in [4.69, 9.17) is 5.10 Å². The van der Waals surface area contributed by atoms with Crippen LogP contribution in [0.25, 0.3) is 16.8 Å². The summed E-state index contributed by atoms with van der Waals surface area (Å²) in [5.74, 6) is 0.501. The molecule has 2 aromatic carbocycles. The van der Waals surface area contributed by atoms with E-state index in [9.17, 15) is 8.42 Å². The van der Waals surface area contributed by atoms with Crippen molar-refractivity contribution in [3.05, 3.63) is 72.4 Å². The van der Waals surface area contributed by atoms with Crippen LogP contribution in [0.1, 0.15) is 5.56 Å². The predicted octanol–water partition coefficient (Wildman–Crippen LogP) is 2.85. The molecule has 1 N–H and O–H groups in total. The van der Waals surface area contributed by atoms with Crippen LogP contribution < -0.4 is 10.2 Å². The third kappa shape index (κ3) is 5.29. The fraction of sp³-hybridized carbons (Fsp3) is 0.280. The average Bonchev–Trinajstić information content (AvgIpc) is 3.28. The van der Waals surface area contributed by atoms with E-state index in [0.717, 1.165) is 54.2 Å². The first-order valence-electron chi connectivity index (χ1n) is 11.6. The highest BCUT2D eigenvalue weighted by atomic mass is 32.2. The summed E-state index contributed by atoms with van der Waals surface area (Å²) in [6.45, 7) is 4.54. The van der Waals surface area contributed by atoms with Crippen LogP contribution in [-0.2, 0) is 17.4 Å². The molecule has 1 aliphatic heterocycles. The van der Waals surface area contributed by atoms with E-state index in [1.165, 1.54) is 9.99 Å². The highest BCUT2D eigenvalue weighted by molar-refractivity contribution is 7.69. The van der Waals surface area contributed by atoms with Gasteiger partial charge in [-0.2, -0.15) is 0 Å². The number of hydrogen-bond donors (Lipinski definition) is 2. The van der Waals surface area contributed by atoms with Gasteiger partial charge in [-0.25, -0.2) is 22.2 Å². The van der Waals surface area contributed by atoms with Gasteiger partial charge in [-0.15, -0.1) is 5.10 Å².